The van der Waals surface area contributed by atoms with Crippen LogP contribution in [0.1, 0.15) is 56.1 Å². The van der Waals surface area contributed by atoms with Gasteiger partial charge in [0, 0.05) is 30.6 Å². The third-order valence-corrected chi connectivity index (χ3v) is 9.01. The van der Waals surface area contributed by atoms with Crippen LogP contribution in [0.25, 0.3) is 11.0 Å². The first-order valence-corrected chi connectivity index (χ1v) is 11.5. The summed E-state index contributed by atoms with van der Waals surface area (Å²) in [5, 5.41) is 11.3. The second-order valence-corrected chi connectivity index (χ2v) is 10.5. The van der Waals surface area contributed by atoms with E-state index in [1.165, 1.54) is 23.3 Å². The van der Waals surface area contributed by atoms with Gasteiger partial charge in [-0.2, -0.15) is 0 Å². The second kappa shape index (κ2) is 6.37. The number of amides is 1. The smallest absolute Gasteiger partial charge is 0.271 e. The molecule has 2 unspecified atom stereocenters. The topological polar surface area (TPSA) is 89.2 Å². The molecule has 0 saturated heterocycles. The predicted octanol–water partition coefficient (Wildman–Crippen LogP) is 4.45. The molecule has 2 heterocycles. The molecule has 3 aromatic rings. The lowest BCUT2D eigenvalue weighted by Gasteiger charge is -2.43. The average Bonchev–Trinajstić information content (AvgIpc) is 3.11. The van der Waals surface area contributed by atoms with Crippen molar-refractivity contribution < 1.29 is 9.72 Å². The highest BCUT2D eigenvalue weighted by atomic mass is 16.6. The predicted molar refractivity (Wildman–Crippen MR) is 124 cm³/mol. The van der Waals surface area contributed by atoms with E-state index < -0.39 is 10.3 Å². The van der Waals surface area contributed by atoms with Gasteiger partial charge in [-0.15, -0.1) is 0 Å². The zero-order chi connectivity index (χ0) is 23.2. The SMILES string of the molecule is CC12CCC(C(=O)N3CCc4ccccc4C3)(c3nc4cc([N+](=O)[O-])ccc4nc31)C2(C)C. The van der Waals surface area contributed by atoms with Crippen LogP contribution < -0.4 is 0 Å². The standard InChI is InChI=1S/C26H26N4O3/c1-24(2)25(3)11-12-26(24,23(31)29-13-10-16-6-4-5-7-17(16)15-29)22-21(25)27-19-9-8-18(30(32)33)14-20(19)28-22/h4-9,14H,10-13,15H2,1-3H3. The minimum atomic E-state index is -0.783. The molecule has 0 N–H and O–H groups in total. The summed E-state index contributed by atoms with van der Waals surface area (Å²) in [6.45, 7) is 7.83. The van der Waals surface area contributed by atoms with Crippen molar-refractivity contribution in [2.45, 2.75) is 57.4 Å². The molecule has 2 bridgehead atoms. The van der Waals surface area contributed by atoms with Crippen molar-refractivity contribution in [2.24, 2.45) is 5.41 Å². The van der Waals surface area contributed by atoms with E-state index in [0.717, 1.165) is 30.7 Å². The van der Waals surface area contributed by atoms with E-state index >= 15 is 0 Å². The summed E-state index contributed by atoms with van der Waals surface area (Å²) in [6.07, 6.45) is 2.43. The fourth-order valence-corrected chi connectivity index (χ4v) is 6.62. The molecule has 7 nitrogen and oxygen atoms in total. The number of nitrogens with zero attached hydrogens (tertiary/aromatic N) is 4. The van der Waals surface area contributed by atoms with E-state index in [4.69, 9.17) is 9.97 Å². The van der Waals surface area contributed by atoms with Gasteiger partial charge >= 0.3 is 0 Å². The van der Waals surface area contributed by atoms with Gasteiger partial charge in [-0.3, -0.25) is 14.9 Å². The van der Waals surface area contributed by atoms with Crippen molar-refractivity contribution in [1.82, 2.24) is 14.9 Å². The van der Waals surface area contributed by atoms with Crippen molar-refractivity contribution in [3.8, 4) is 0 Å². The van der Waals surface area contributed by atoms with Gasteiger partial charge < -0.3 is 4.90 Å². The second-order valence-electron chi connectivity index (χ2n) is 10.5. The number of hydrogen-bond donors (Lipinski definition) is 0. The number of carbonyl (C=O) groups excluding carboxylic acids is 1. The molecule has 1 saturated carbocycles. The molecule has 1 aromatic heterocycles. The lowest BCUT2D eigenvalue weighted by atomic mass is 9.63. The lowest BCUT2D eigenvalue weighted by molar-refractivity contribution is -0.384. The van der Waals surface area contributed by atoms with Crippen LogP contribution in [0.2, 0.25) is 0 Å². The number of non-ortho nitro benzene ring substituents is 1. The van der Waals surface area contributed by atoms with Gasteiger partial charge in [-0.1, -0.05) is 45.0 Å². The molecule has 2 aromatic carbocycles. The first-order chi connectivity index (χ1) is 15.7. The summed E-state index contributed by atoms with van der Waals surface area (Å²) >= 11 is 0. The van der Waals surface area contributed by atoms with Crippen LogP contribution >= 0.6 is 0 Å². The van der Waals surface area contributed by atoms with Crippen LogP contribution in [0.4, 0.5) is 5.69 Å². The minimum Gasteiger partial charge on any atom is -0.337 e. The van der Waals surface area contributed by atoms with Crippen molar-refractivity contribution >= 4 is 22.6 Å². The van der Waals surface area contributed by atoms with Crippen molar-refractivity contribution in [3.05, 3.63) is 75.1 Å². The number of hydrogen-bond acceptors (Lipinski definition) is 5. The molecular weight excluding hydrogens is 416 g/mol. The largest absolute Gasteiger partial charge is 0.337 e. The maximum atomic E-state index is 14.4. The molecule has 1 amide bonds. The van der Waals surface area contributed by atoms with Crippen molar-refractivity contribution in [1.29, 1.82) is 0 Å². The quantitative estimate of drug-likeness (QED) is 0.432. The van der Waals surface area contributed by atoms with E-state index in [2.05, 4.69) is 32.9 Å². The molecule has 33 heavy (non-hydrogen) atoms. The zero-order valence-electron chi connectivity index (χ0n) is 19.1. The van der Waals surface area contributed by atoms with E-state index in [9.17, 15) is 14.9 Å². The Labute approximate surface area is 192 Å². The normalized spacial score (nSPS) is 26.8. The maximum Gasteiger partial charge on any atom is 0.271 e. The Morgan fingerprint density at radius 1 is 1.00 bits per heavy atom. The Morgan fingerprint density at radius 3 is 2.48 bits per heavy atom. The van der Waals surface area contributed by atoms with Gasteiger partial charge in [0.1, 0.15) is 0 Å². The summed E-state index contributed by atoms with van der Waals surface area (Å²) < 4.78 is 0. The van der Waals surface area contributed by atoms with Gasteiger partial charge in [0.15, 0.2) is 0 Å². The van der Waals surface area contributed by atoms with Gasteiger partial charge in [0.25, 0.3) is 5.69 Å². The fourth-order valence-electron chi connectivity index (χ4n) is 6.62. The zero-order valence-corrected chi connectivity index (χ0v) is 19.1. The Balaban J connectivity index is 1.52. The number of carbonyl (C=O) groups is 1. The molecule has 2 aliphatic carbocycles. The van der Waals surface area contributed by atoms with E-state index in [1.54, 1.807) is 6.07 Å². The molecule has 0 spiro atoms. The van der Waals surface area contributed by atoms with E-state index in [1.807, 2.05) is 17.0 Å². The molecule has 1 fully saturated rings. The van der Waals surface area contributed by atoms with E-state index in [-0.39, 0.29) is 22.4 Å². The number of benzene rings is 2. The highest BCUT2D eigenvalue weighted by Gasteiger charge is 2.73. The summed E-state index contributed by atoms with van der Waals surface area (Å²) in [7, 11) is 0. The van der Waals surface area contributed by atoms with Crippen LogP contribution in [0.15, 0.2) is 42.5 Å². The number of nitro benzene ring substituents is 1. The van der Waals surface area contributed by atoms with Gasteiger partial charge in [-0.05, 0) is 41.9 Å². The summed E-state index contributed by atoms with van der Waals surface area (Å²) in [4.78, 5) is 37.2. The Hall–Kier alpha value is -3.35. The number of nitro groups is 1. The third-order valence-electron chi connectivity index (χ3n) is 9.01. The Kier molecular flexibility index (Phi) is 3.91. The monoisotopic (exact) mass is 442 g/mol. The van der Waals surface area contributed by atoms with Crippen LogP contribution in [0.5, 0.6) is 0 Å². The van der Waals surface area contributed by atoms with Crippen LogP contribution in [0, 0.1) is 15.5 Å². The highest BCUT2D eigenvalue weighted by Crippen LogP contribution is 2.70. The number of fused-ring (bicyclic) bond motifs is 7. The minimum absolute atomic E-state index is 0.0154. The molecule has 7 heteroatoms. The van der Waals surface area contributed by atoms with E-state index in [0.29, 0.717) is 24.1 Å². The van der Waals surface area contributed by atoms with Gasteiger partial charge in [0.2, 0.25) is 5.91 Å². The van der Waals surface area contributed by atoms with Crippen LogP contribution in [-0.4, -0.2) is 32.2 Å². The molecule has 2 atom stereocenters. The Morgan fingerprint density at radius 2 is 1.73 bits per heavy atom. The summed E-state index contributed by atoms with van der Waals surface area (Å²) in [6, 6.07) is 12.9. The van der Waals surface area contributed by atoms with Gasteiger partial charge in [-0.25, -0.2) is 9.97 Å². The number of rotatable bonds is 2. The molecule has 0 radical (unpaired) electrons. The average molecular weight is 443 g/mol. The molecule has 3 aliphatic rings. The summed E-state index contributed by atoms with van der Waals surface area (Å²) in [5.41, 5.74) is 3.76. The molecule has 1 aliphatic heterocycles. The Bertz CT molecular complexity index is 1370. The lowest BCUT2D eigenvalue weighted by Crippen LogP contribution is -2.53. The molecular formula is C26H26N4O3. The van der Waals surface area contributed by atoms with Gasteiger partial charge in [0.05, 0.1) is 32.8 Å². The number of aromatic nitrogens is 2. The highest BCUT2D eigenvalue weighted by molar-refractivity contribution is 5.93. The third kappa shape index (κ3) is 2.37. The van der Waals surface area contributed by atoms with Crippen LogP contribution in [-0.2, 0) is 28.6 Å². The molecule has 168 valence electrons. The maximum absolute atomic E-state index is 14.4. The fraction of sp³-hybridized carbons (Fsp3) is 0.423. The van der Waals surface area contributed by atoms with Crippen molar-refractivity contribution in [3.63, 3.8) is 0 Å². The van der Waals surface area contributed by atoms with Crippen molar-refractivity contribution in [2.75, 3.05) is 6.54 Å². The van der Waals surface area contributed by atoms with Crippen LogP contribution in [0.3, 0.4) is 0 Å². The first kappa shape index (κ1) is 20.3. The first-order valence-electron chi connectivity index (χ1n) is 11.5. The summed E-state index contributed by atoms with van der Waals surface area (Å²) in [5.74, 6) is 0.114. The molecule has 6 rings (SSSR count).